The Labute approximate surface area is 163 Å². The second-order valence-electron chi connectivity index (χ2n) is 7.26. The van der Waals surface area contributed by atoms with E-state index in [4.69, 9.17) is 20.9 Å². The average Bonchev–Trinajstić information content (AvgIpc) is 2.64. The molecule has 4 nitrogen and oxygen atoms in total. The fourth-order valence-electron chi connectivity index (χ4n) is 2.98. The average molecular weight is 371 g/mol. The normalized spacial score (nSPS) is 11.0. The Morgan fingerprint density at radius 1 is 0.741 bits per heavy atom. The Hall–Kier alpha value is -2.36. The van der Waals surface area contributed by atoms with E-state index in [-0.39, 0.29) is 6.29 Å². The molecule has 0 aromatic heterocycles. The van der Waals surface area contributed by atoms with Crippen LogP contribution in [0.3, 0.4) is 0 Å². The quantitative estimate of drug-likeness (QED) is 0.289. The van der Waals surface area contributed by atoms with Gasteiger partial charge in [-0.3, -0.25) is 0 Å². The number of nitrogen functional groups attached to an aromatic ring is 2. The topological polar surface area (TPSA) is 70.5 Å². The van der Waals surface area contributed by atoms with E-state index in [1.54, 1.807) is 0 Å². The van der Waals surface area contributed by atoms with Crippen LogP contribution >= 0.6 is 0 Å². The summed E-state index contributed by atoms with van der Waals surface area (Å²) in [6, 6.07) is 11.5. The summed E-state index contributed by atoms with van der Waals surface area (Å²) in [5.74, 6) is 1.56. The van der Waals surface area contributed by atoms with Gasteiger partial charge >= 0.3 is 0 Å². The second-order valence-corrected chi connectivity index (χ2v) is 7.26. The number of ether oxygens (including phenoxy) is 2. The monoisotopic (exact) mass is 370 g/mol. The number of hydrogen-bond acceptors (Lipinski definition) is 4. The molecule has 0 atom stereocenters. The Morgan fingerprint density at radius 2 is 1.22 bits per heavy atom. The second kappa shape index (κ2) is 10.7. The van der Waals surface area contributed by atoms with Crippen molar-refractivity contribution in [2.24, 2.45) is 0 Å². The number of rotatable bonds is 11. The Kier molecular flexibility index (Phi) is 8.31. The first kappa shape index (κ1) is 20.9. The molecule has 27 heavy (non-hydrogen) atoms. The maximum absolute atomic E-state index is 6.14. The molecule has 0 unspecified atom stereocenters. The van der Waals surface area contributed by atoms with Crippen LogP contribution in [-0.2, 0) is 0 Å². The van der Waals surface area contributed by atoms with Gasteiger partial charge in [0.1, 0.15) is 11.5 Å². The predicted octanol–water partition coefficient (Wildman–Crippen LogP) is 6.00. The summed E-state index contributed by atoms with van der Waals surface area (Å²) in [6.07, 6.45) is 7.94. The SMILES string of the molecule is CCCCCCCCC(Oc1ccc(N)c(C)c1)Oc1ccc(N)c(C)c1. The molecule has 0 spiro atoms. The fourth-order valence-corrected chi connectivity index (χ4v) is 2.98. The fraction of sp³-hybridized carbons (Fsp3) is 0.478. The molecule has 0 radical (unpaired) electrons. The van der Waals surface area contributed by atoms with Crippen LogP contribution in [0.1, 0.15) is 63.0 Å². The number of hydrogen-bond donors (Lipinski definition) is 2. The molecular weight excluding hydrogens is 336 g/mol. The van der Waals surface area contributed by atoms with Crippen LogP contribution < -0.4 is 20.9 Å². The van der Waals surface area contributed by atoms with Crippen molar-refractivity contribution in [3.05, 3.63) is 47.5 Å². The van der Waals surface area contributed by atoms with Gasteiger partial charge in [-0.1, -0.05) is 39.0 Å². The summed E-state index contributed by atoms with van der Waals surface area (Å²) in [5, 5.41) is 0. The zero-order chi connectivity index (χ0) is 19.6. The molecule has 4 N–H and O–H groups in total. The van der Waals surface area contributed by atoms with Crippen LogP contribution in [0.25, 0.3) is 0 Å². The van der Waals surface area contributed by atoms with Crippen LogP contribution in [0.5, 0.6) is 11.5 Å². The van der Waals surface area contributed by atoms with Crippen molar-refractivity contribution in [2.75, 3.05) is 11.5 Å². The summed E-state index contributed by atoms with van der Waals surface area (Å²) in [5.41, 5.74) is 15.4. The minimum atomic E-state index is -0.331. The molecule has 2 rings (SSSR count). The van der Waals surface area contributed by atoms with Gasteiger partial charge in [0.25, 0.3) is 0 Å². The Morgan fingerprint density at radius 3 is 1.70 bits per heavy atom. The lowest BCUT2D eigenvalue weighted by Crippen LogP contribution is -2.24. The molecule has 0 heterocycles. The van der Waals surface area contributed by atoms with Gasteiger partial charge in [-0.15, -0.1) is 0 Å². The lowest BCUT2D eigenvalue weighted by atomic mass is 10.1. The summed E-state index contributed by atoms with van der Waals surface area (Å²) in [4.78, 5) is 0. The first-order valence-electron chi connectivity index (χ1n) is 10.0. The van der Waals surface area contributed by atoms with E-state index in [2.05, 4.69) is 6.92 Å². The maximum Gasteiger partial charge on any atom is 0.241 e. The third kappa shape index (κ3) is 7.05. The van der Waals surface area contributed by atoms with Gasteiger partial charge in [-0.05, 0) is 67.8 Å². The zero-order valence-electron chi connectivity index (χ0n) is 17.0. The first-order chi connectivity index (χ1) is 13.0. The highest BCUT2D eigenvalue weighted by Crippen LogP contribution is 2.25. The summed E-state index contributed by atoms with van der Waals surface area (Å²) in [7, 11) is 0. The van der Waals surface area contributed by atoms with Crippen LogP contribution in [0.4, 0.5) is 11.4 Å². The highest BCUT2D eigenvalue weighted by Gasteiger charge is 2.14. The van der Waals surface area contributed by atoms with Crippen molar-refractivity contribution < 1.29 is 9.47 Å². The lowest BCUT2D eigenvalue weighted by molar-refractivity contribution is -0.00249. The number of unbranched alkanes of at least 4 members (excludes halogenated alkanes) is 5. The minimum Gasteiger partial charge on any atom is -0.455 e. The van der Waals surface area contributed by atoms with Crippen molar-refractivity contribution in [1.82, 2.24) is 0 Å². The van der Waals surface area contributed by atoms with E-state index in [9.17, 15) is 0 Å². The maximum atomic E-state index is 6.14. The van der Waals surface area contributed by atoms with Gasteiger partial charge in [-0.2, -0.15) is 0 Å². The van der Waals surface area contributed by atoms with E-state index in [1.807, 2.05) is 50.2 Å². The summed E-state index contributed by atoms with van der Waals surface area (Å²) >= 11 is 0. The molecule has 2 aromatic rings. The molecule has 4 heteroatoms. The van der Waals surface area contributed by atoms with Gasteiger partial charge in [0, 0.05) is 17.8 Å². The smallest absolute Gasteiger partial charge is 0.241 e. The van der Waals surface area contributed by atoms with Gasteiger partial charge in [0.05, 0.1) is 0 Å². The van der Waals surface area contributed by atoms with E-state index < -0.39 is 0 Å². The molecule has 0 fully saturated rings. The zero-order valence-corrected chi connectivity index (χ0v) is 17.0. The van der Waals surface area contributed by atoms with Gasteiger partial charge < -0.3 is 20.9 Å². The molecule has 0 saturated heterocycles. The molecule has 0 bridgehead atoms. The van der Waals surface area contributed by atoms with E-state index in [0.717, 1.165) is 46.8 Å². The molecule has 0 aliphatic rings. The van der Waals surface area contributed by atoms with Crippen LogP contribution in [0.15, 0.2) is 36.4 Å². The van der Waals surface area contributed by atoms with E-state index >= 15 is 0 Å². The molecular formula is C23H34N2O2. The number of benzene rings is 2. The molecule has 148 valence electrons. The van der Waals surface area contributed by atoms with Gasteiger partial charge in [0.2, 0.25) is 6.29 Å². The number of aryl methyl sites for hydroxylation is 2. The largest absolute Gasteiger partial charge is 0.455 e. The number of nitrogens with two attached hydrogens (primary N) is 2. The van der Waals surface area contributed by atoms with Crippen molar-refractivity contribution in [3.63, 3.8) is 0 Å². The van der Waals surface area contributed by atoms with Crippen molar-refractivity contribution in [1.29, 1.82) is 0 Å². The third-order valence-corrected chi connectivity index (χ3v) is 4.81. The summed E-state index contributed by atoms with van der Waals surface area (Å²) in [6.45, 7) is 6.20. The number of anilines is 2. The molecule has 0 aliphatic heterocycles. The molecule has 0 aliphatic carbocycles. The third-order valence-electron chi connectivity index (χ3n) is 4.81. The molecule has 0 saturated carbocycles. The van der Waals surface area contributed by atoms with Crippen LogP contribution in [-0.4, -0.2) is 6.29 Å². The van der Waals surface area contributed by atoms with Gasteiger partial charge in [-0.25, -0.2) is 0 Å². The van der Waals surface area contributed by atoms with E-state index in [0.29, 0.717) is 0 Å². The minimum absolute atomic E-state index is 0.331. The van der Waals surface area contributed by atoms with Crippen molar-refractivity contribution in [2.45, 2.75) is 72.0 Å². The van der Waals surface area contributed by atoms with E-state index in [1.165, 1.54) is 32.1 Å². The van der Waals surface area contributed by atoms with Gasteiger partial charge in [0.15, 0.2) is 0 Å². The highest BCUT2D eigenvalue weighted by molar-refractivity contribution is 5.50. The first-order valence-corrected chi connectivity index (χ1v) is 10.0. The van der Waals surface area contributed by atoms with Crippen molar-refractivity contribution in [3.8, 4) is 11.5 Å². The lowest BCUT2D eigenvalue weighted by Gasteiger charge is -2.21. The van der Waals surface area contributed by atoms with Crippen molar-refractivity contribution >= 4 is 11.4 Å². The summed E-state index contributed by atoms with van der Waals surface area (Å²) < 4.78 is 12.3. The standard InChI is InChI=1S/C23H34N2O2/c1-4-5-6-7-8-9-10-23(26-19-11-13-21(24)17(2)15-19)27-20-12-14-22(25)18(3)16-20/h11-16,23H,4-10,24-25H2,1-3H3. The highest BCUT2D eigenvalue weighted by atomic mass is 16.7. The Bertz CT molecular complexity index is 662. The molecule has 0 amide bonds. The molecule has 2 aromatic carbocycles. The Balaban J connectivity index is 2.00. The van der Waals surface area contributed by atoms with Crippen LogP contribution in [0.2, 0.25) is 0 Å². The van der Waals surface area contributed by atoms with Crippen LogP contribution in [0, 0.1) is 13.8 Å². The predicted molar refractivity (Wildman–Crippen MR) is 114 cm³/mol.